The molecule has 0 atom stereocenters. The minimum atomic E-state index is -0.468. The average molecular weight is 581 g/mol. The molecule has 3 fully saturated rings. The van der Waals surface area contributed by atoms with Gasteiger partial charge in [-0.2, -0.15) is 5.26 Å². The maximum atomic E-state index is 12.6. The Labute approximate surface area is 255 Å². The number of likely N-dealkylation sites (tertiary alicyclic amines) is 1. The van der Waals surface area contributed by atoms with Crippen LogP contribution in [0.2, 0.25) is 0 Å². The number of aryl methyl sites for hydroxylation is 3. The first-order chi connectivity index (χ1) is 20.4. The molecule has 226 valence electrons. The molecule has 1 spiro atoms. The van der Waals surface area contributed by atoms with Crippen LogP contribution >= 0.6 is 0 Å². The van der Waals surface area contributed by atoms with Gasteiger partial charge in [0.2, 0.25) is 0 Å². The summed E-state index contributed by atoms with van der Waals surface area (Å²) in [7, 11) is 0. The quantitative estimate of drug-likeness (QED) is 0.291. The minimum absolute atomic E-state index is 0.189. The summed E-state index contributed by atoms with van der Waals surface area (Å²) in [5, 5.41) is 13.9. The van der Waals surface area contributed by atoms with Gasteiger partial charge in [0.25, 0.3) is 0 Å². The molecular formula is C36H44N4O3. The fourth-order valence-corrected chi connectivity index (χ4v) is 7.29. The van der Waals surface area contributed by atoms with Gasteiger partial charge in [0.15, 0.2) is 0 Å². The first kappa shape index (κ1) is 29.3. The molecule has 2 saturated carbocycles. The Hall–Kier alpha value is -3.79. The molecule has 0 N–H and O–H groups in total. The van der Waals surface area contributed by atoms with E-state index < -0.39 is 5.60 Å². The van der Waals surface area contributed by atoms with E-state index in [1.807, 2.05) is 39.5 Å². The topological polar surface area (TPSA) is 82.6 Å². The highest BCUT2D eigenvalue weighted by atomic mass is 16.6. The van der Waals surface area contributed by atoms with Gasteiger partial charge in [-0.25, -0.2) is 4.79 Å². The van der Waals surface area contributed by atoms with Crippen molar-refractivity contribution >= 4 is 17.5 Å². The summed E-state index contributed by atoms with van der Waals surface area (Å²) in [6.07, 6.45) is 6.11. The normalized spacial score (nSPS) is 19.0. The number of benzene rings is 2. The zero-order chi connectivity index (χ0) is 30.6. The number of carbonyl (C=O) groups excluding carboxylic acids is 1. The van der Waals surface area contributed by atoms with E-state index in [0.717, 1.165) is 79.1 Å². The van der Waals surface area contributed by atoms with Gasteiger partial charge < -0.3 is 19.1 Å². The zero-order valence-corrected chi connectivity index (χ0v) is 26.5. The Bertz CT molecular complexity index is 1520. The second-order valence-corrected chi connectivity index (χ2v) is 14.3. The lowest BCUT2D eigenvalue weighted by Gasteiger charge is -2.53. The number of piperidine rings is 1. The molecule has 1 amide bonds. The molecule has 1 aromatic heterocycles. The largest absolute Gasteiger partial charge is 0.444 e. The van der Waals surface area contributed by atoms with Crippen LogP contribution in [0.15, 0.2) is 47.0 Å². The molecule has 1 saturated heterocycles. The van der Waals surface area contributed by atoms with E-state index in [1.165, 1.54) is 24.1 Å². The standard InChI is InChI=1S/C36H44N4O3/c1-24-7-8-28(32-25(2)38-43-26(32)3)19-31(24)40(30-11-9-29(10-12-30)36(23-37)13-14-36)22-27-20-35(21-27)15-17-39(18-16-35)33(41)42-34(4,5)6/h7-12,19,27H,13-18,20-22H2,1-6H3. The average Bonchev–Trinajstić information content (AvgIpc) is 3.69. The van der Waals surface area contributed by atoms with E-state index in [-0.39, 0.29) is 11.5 Å². The van der Waals surface area contributed by atoms with Crippen LogP contribution in [0.3, 0.4) is 0 Å². The molecular weight excluding hydrogens is 536 g/mol. The summed E-state index contributed by atoms with van der Waals surface area (Å²) in [4.78, 5) is 17.0. The van der Waals surface area contributed by atoms with Gasteiger partial charge in [0.1, 0.15) is 11.4 Å². The van der Waals surface area contributed by atoms with E-state index in [9.17, 15) is 10.1 Å². The molecule has 0 unspecified atom stereocenters. The first-order valence-corrected chi connectivity index (χ1v) is 15.7. The van der Waals surface area contributed by atoms with Crippen LogP contribution in [-0.2, 0) is 10.2 Å². The summed E-state index contributed by atoms with van der Waals surface area (Å²) in [6.45, 7) is 14.4. The van der Waals surface area contributed by atoms with Crippen molar-refractivity contribution < 1.29 is 14.1 Å². The van der Waals surface area contributed by atoms with Gasteiger partial charge in [0, 0.05) is 36.6 Å². The highest BCUT2D eigenvalue weighted by Gasteiger charge is 2.47. The molecule has 3 aliphatic rings. The van der Waals surface area contributed by atoms with Gasteiger partial charge in [0.05, 0.1) is 17.2 Å². The summed E-state index contributed by atoms with van der Waals surface area (Å²) >= 11 is 0. The monoisotopic (exact) mass is 580 g/mol. The maximum absolute atomic E-state index is 12.6. The lowest BCUT2D eigenvalue weighted by molar-refractivity contribution is -0.0249. The van der Waals surface area contributed by atoms with Crippen molar-refractivity contribution in [3.05, 3.63) is 65.0 Å². The third-order valence-corrected chi connectivity index (χ3v) is 9.88. The number of ether oxygens (including phenoxy) is 1. The highest BCUT2D eigenvalue weighted by Crippen LogP contribution is 2.54. The summed E-state index contributed by atoms with van der Waals surface area (Å²) in [6, 6.07) is 17.9. The Balaban J connectivity index is 1.22. The van der Waals surface area contributed by atoms with Gasteiger partial charge in [-0.05, 0) is 126 Å². The maximum Gasteiger partial charge on any atom is 0.410 e. The number of nitrogens with zero attached hydrogens (tertiary/aromatic N) is 4. The molecule has 7 heteroatoms. The molecule has 0 radical (unpaired) electrons. The molecule has 2 aromatic carbocycles. The second kappa shape index (κ2) is 10.7. The van der Waals surface area contributed by atoms with E-state index >= 15 is 0 Å². The van der Waals surface area contributed by atoms with E-state index in [1.54, 1.807) is 0 Å². The zero-order valence-electron chi connectivity index (χ0n) is 26.5. The predicted molar refractivity (Wildman–Crippen MR) is 168 cm³/mol. The third-order valence-electron chi connectivity index (χ3n) is 9.88. The number of anilines is 2. The van der Waals surface area contributed by atoms with Crippen molar-refractivity contribution in [2.24, 2.45) is 11.3 Å². The number of carbonyl (C=O) groups is 1. The molecule has 1 aliphatic heterocycles. The Kier molecular flexibility index (Phi) is 7.31. The molecule has 2 aliphatic carbocycles. The highest BCUT2D eigenvalue weighted by molar-refractivity contribution is 5.76. The summed E-state index contributed by atoms with van der Waals surface area (Å²) in [5.74, 6) is 1.39. The minimum Gasteiger partial charge on any atom is -0.444 e. The lowest BCUT2D eigenvalue weighted by atomic mass is 9.57. The molecule has 3 aromatic rings. The van der Waals surface area contributed by atoms with Crippen LogP contribution in [0.1, 0.15) is 81.9 Å². The number of rotatable bonds is 6. The Morgan fingerprint density at radius 1 is 1.07 bits per heavy atom. The Morgan fingerprint density at radius 3 is 2.30 bits per heavy atom. The third kappa shape index (κ3) is 5.77. The van der Waals surface area contributed by atoms with Crippen molar-refractivity contribution in [3.8, 4) is 17.2 Å². The van der Waals surface area contributed by atoms with Crippen LogP contribution in [0.4, 0.5) is 16.2 Å². The van der Waals surface area contributed by atoms with Crippen molar-refractivity contribution in [1.29, 1.82) is 5.26 Å². The number of nitriles is 1. The van der Waals surface area contributed by atoms with Gasteiger partial charge >= 0.3 is 6.09 Å². The SMILES string of the molecule is Cc1ccc(-c2c(C)noc2C)cc1N(CC1CC2(CCN(C(=O)OC(C)(C)C)CC2)C1)c1ccc(C2(C#N)CC2)cc1. The number of hydrogen-bond donors (Lipinski definition) is 0. The first-order valence-electron chi connectivity index (χ1n) is 15.7. The molecule has 0 bridgehead atoms. The molecule has 6 rings (SSSR count). The van der Waals surface area contributed by atoms with Crippen LogP contribution in [0.5, 0.6) is 0 Å². The fraction of sp³-hybridized carbons (Fsp3) is 0.528. The van der Waals surface area contributed by atoms with E-state index in [4.69, 9.17) is 9.26 Å². The van der Waals surface area contributed by atoms with Crippen molar-refractivity contribution in [1.82, 2.24) is 10.1 Å². The van der Waals surface area contributed by atoms with Crippen molar-refractivity contribution in [2.45, 2.75) is 91.1 Å². The summed E-state index contributed by atoms with van der Waals surface area (Å²) in [5.41, 5.74) is 7.30. The van der Waals surface area contributed by atoms with Crippen molar-refractivity contribution in [2.75, 3.05) is 24.5 Å². The number of amides is 1. The van der Waals surface area contributed by atoms with E-state index in [2.05, 4.69) is 65.5 Å². The molecule has 7 nitrogen and oxygen atoms in total. The van der Waals surface area contributed by atoms with Crippen LogP contribution in [0, 0.1) is 43.4 Å². The fourth-order valence-electron chi connectivity index (χ4n) is 7.29. The summed E-state index contributed by atoms with van der Waals surface area (Å²) < 4.78 is 11.1. The number of hydrogen-bond acceptors (Lipinski definition) is 6. The second-order valence-electron chi connectivity index (χ2n) is 14.3. The predicted octanol–water partition coefficient (Wildman–Crippen LogP) is 8.39. The van der Waals surface area contributed by atoms with Gasteiger partial charge in [-0.15, -0.1) is 0 Å². The van der Waals surface area contributed by atoms with Crippen LogP contribution < -0.4 is 4.90 Å². The number of aromatic nitrogens is 1. The van der Waals surface area contributed by atoms with Crippen molar-refractivity contribution in [3.63, 3.8) is 0 Å². The van der Waals surface area contributed by atoms with Crippen LogP contribution in [-0.4, -0.2) is 41.4 Å². The van der Waals surface area contributed by atoms with Crippen LogP contribution in [0.25, 0.3) is 11.1 Å². The van der Waals surface area contributed by atoms with E-state index in [0.29, 0.717) is 11.3 Å². The van der Waals surface area contributed by atoms with Gasteiger partial charge in [-0.1, -0.05) is 29.4 Å². The molecule has 43 heavy (non-hydrogen) atoms. The molecule has 2 heterocycles. The Morgan fingerprint density at radius 2 is 1.74 bits per heavy atom. The smallest absolute Gasteiger partial charge is 0.410 e. The lowest BCUT2D eigenvalue weighted by Crippen LogP contribution is -2.51. The van der Waals surface area contributed by atoms with Gasteiger partial charge in [-0.3, -0.25) is 0 Å².